The summed E-state index contributed by atoms with van der Waals surface area (Å²) in [7, 11) is 0. The average Bonchev–Trinajstić information content (AvgIpc) is 2.18. The Bertz CT molecular complexity index is 274. The lowest BCUT2D eigenvalue weighted by molar-refractivity contribution is 0.260. The highest BCUT2D eigenvalue weighted by molar-refractivity contribution is 5.31. The number of nitrogens with two attached hydrogens (primary N) is 1. The molecule has 0 spiro atoms. The topological polar surface area (TPSA) is 66.5 Å². The Balaban J connectivity index is 2.91. The van der Waals surface area contributed by atoms with E-state index in [1.54, 1.807) is 0 Å². The van der Waals surface area contributed by atoms with Crippen LogP contribution in [0.25, 0.3) is 0 Å². The van der Waals surface area contributed by atoms with E-state index in [0.717, 1.165) is 23.1 Å². The molecule has 0 unspecified atom stereocenters. The molecule has 0 saturated carbocycles. The molecule has 13 heavy (non-hydrogen) atoms. The van der Waals surface area contributed by atoms with E-state index in [9.17, 15) is 0 Å². The maximum atomic E-state index is 9.00. The third-order valence-corrected chi connectivity index (χ3v) is 2.04. The van der Waals surface area contributed by atoms with Crippen molar-refractivity contribution in [1.82, 2.24) is 0 Å². The Labute approximate surface area is 77.8 Å². The molecule has 0 aliphatic heterocycles. The van der Waals surface area contributed by atoms with E-state index >= 15 is 0 Å². The van der Waals surface area contributed by atoms with Gasteiger partial charge in [-0.05, 0) is 29.7 Å². The van der Waals surface area contributed by atoms with Crippen LogP contribution in [0.3, 0.4) is 0 Å². The summed E-state index contributed by atoms with van der Waals surface area (Å²) in [6.07, 6.45) is 0.804. The standard InChI is InChI=1S/C10H15NO2/c11-4-3-8-1-2-9(6-12)10(5-8)7-13/h1-2,5,12-13H,3-4,6-7,11H2. The van der Waals surface area contributed by atoms with E-state index in [1.165, 1.54) is 0 Å². The van der Waals surface area contributed by atoms with Crippen molar-refractivity contribution in [3.63, 3.8) is 0 Å². The van der Waals surface area contributed by atoms with Gasteiger partial charge >= 0.3 is 0 Å². The third-order valence-electron chi connectivity index (χ3n) is 2.04. The van der Waals surface area contributed by atoms with Crippen molar-refractivity contribution in [2.45, 2.75) is 19.6 Å². The predicted octanol–water partition coefficient (Wildman–Crippen LogP) is 0.172. The van der Waals surface area contributed by atoms with Crippen molar-refractivity contribution in [3.05, 3.63) is 34.9 Å². The third kappa shape index (κ3) is 2.52. The highest BCUT2D eigenvalue weighted by Crippen LogP contribution is 2.12. The lowest BCUT2D eigenvalue weighted by Crippen LogP contribution is -2.04. The monoisotopic (exact) mass is 181 g/mol. The van der Waals surface area contributed by atoms with E-state index in [2.05, 4.69) is 0 Å². The molecule has 4 N–H and O–H groups in total. The predicted molar refractivity (Wildman–Crippen MR) is 51.0 cm³/mol. The van der Waals surface area contributed by atoms with Crippen LogP contribution in [0.15, 0.2) is 18.2 Å². The fraction of sp³-hybridized carbons (Fsp3) is 0.400. The van der Waals surface area contributed by atoms with Gasteiger partial charge in [-0.3, -0.25) is 0 Å². The minimum absolute atomic E-state index is 0.0290. The van der Waals surface area contributed by atoms with Gasteiger partial charge in [-0.25, -0.2) is 0 Å². The van der Waals surface area contributed by atoms with Crippen molar-refractivity contribution in [1.29, 1.82) is 0 Å². The molecule has 0 saturated heterocycles. The molecule has 0 aliphatic rings. The first-order valence-corrected chi connectivity index (χ1v) is 4.34. The van der Waals surface area contributed by atoms with Crippen molar-refractivity contribution >= 4 is 0 Å². The molecular weight excluding hydrogens is 166 g/mol. The molecule has 1 aromatic carbocycles. The second-order valence-electron chi connectivity index (χ2n) is 2.96. The summed E-state index contributed by atoms with van der Waals surface area (Å²) in [5.74, 6) is 0. The second-order valence-corrected chi connectivity index (χ2v) is 2.96. The van der Waals surface area contributed by atoms with Crippen LogP contribution in [0.5, 0.6) is 0 Å². The number of hydrogen-bond donors (Lipinski definition) is 3. The molecule has 0 aliphatic carbocycles. The molecule has 0 atom stereocenters. The smallest absolute Gasteiger partial charge is 0.0685 e. The van der Waals surface area contributed by atoms with Gasteiger partial charge in [0.15, 0.2) is 0 Å². The minimum Gasteiger partial charge on any atom is -0.392 e. The zero-order chi connectivity index (χ0) is 9.68. The van der Waals surface area contributed by atoms with E-state index in [-0.39, 0.29) is 13.2 Å². The molecule has 0 aromatic heterocycles. The highest BCUT2D eigenvalue weighted by atomic mass is 16.3. The fourth-order valence-electron chi connectivity index (χ4n) is 1.30. The van der Waals surface area contributed by atoms with Gasteiger partial charge in [-0.2, -0.15) is 0 Å². The average molecular weight is 181 g/mol. The van der Waals surface area contributed by atoms with Crippen molar-refractivity contribution in [2.75, 3.05) is 6.54 Å². The molecule has 3 heteroatoms. The Hall–Kier alpha value is -0.900. The first kappa shape index (κ1) is 10.2. The lowest BCUT2D eigenvalue weighted by atomic mass is 10.0. The van der Waals surface area contributed by atoms with E-state index in [4.69, 9.17) is 15.9 Å². The van der Waals surface area contributed by atoms with Crippen molar-refractivity contribution < 1.29 is 10.2 Å². The van der Waals surface area contributed by atoms with Crippen LogP contribution in [-0.2, 0) is 19.6 Å². The highest BCUT2D eigenvalue weighted by Gasteiger charge is 2.01. The molecule has 72 valence electrons. The number of aliphatic hydroxyl groups is 2. The first-order chi connectivity index (χ1) is 6.31. The van der Waals surface area contributed by atoms with Gasteiger partial charge in [0.25, 0.3) is 0 Å². The maximum Gasteiger partial charge on any atom is 0.0685 e. The van der Waals surface area contributed by atoms with Gasteiger partial charge < -0.3 is 15.9 Å². The number of aliphatic hydroxyl groups excluding tert-OH is 2. The quantitative estimate of drug-likeness (QED) is 0.620. The second kappa shape index (κ2) is 4.97. The van der Waals surface area contributed by atoms with Gasteiger partial charge in [0.05, 0.1) is 13.2 Å². The van der Waals surface area contributed by atoms with Gasteiger partial charge in [0.1, 0.15) is 0 Å². The number of benzene rings is 1. The van der Waals surface area contributed by atoms with Crippen LogP contribution in [0.2, 0.25) is 0 Å². The lowest BCUT2D eigenvalue weighted by Gasteiger charge is -2.06. The van der Waals surface area contributed by atoms with Gasteiger partial charge in [0, 0.05) is 0 Å². The van der Waals surface area contributed by atoms with Crippen LogP contribution in [0.4, 0.5) is 0 Å². The summed E-state index contributed by atoms with van der Waals surface area (Å²) in [5.41, 5.74) is 8.08. The molecular formula is C10H15NO2. The zero-order valence-electron chi connectivity index (χ0n) is 7.53. The van der Waals surface area contributed by atoms with Crippen LogP contribution >= 0.6 is 0 Å². The van der Waals surface area contributed by atoms with E-state index in [0.29, 0.717) is 6.54 Å². The molecule has 0 amide bonds. The van der Waals surface area contributed by atoms with Crippen LogP contribution in [-0.4, -0.2) is 16.8 Å². The minimum atomic E-state index is -0.0334. The maximum absolute atomic E-state index is 9.00. The SMILES string of the molecule is NCCc1ccc(CO)c(CO)c1. The van der Waals surface area contributed by atoms with Crippen LogP contribution in [0.1, 0.15) is 16.7 Å². The zero-order valence-corrected chi connectivity index (χ0v) is 7.53. The van der Waals surface area contributed by atoms with Crippen molar-refractivity contribution in [3.8, 4) is 0 Å². The Morgan fingerprint density at radius 3 is 2.31 bits per heavy atom. The molecule has 0 bridgehead atoms. The fourth-order valence-corrected chi connectivity index (χ4v) is 1.30. The Morgan fingerprint density at radius 1 is 1.08 bits per heavy atom. The first-order valence-electron chi connectivity index (χ1n) is 4.34. The largest absolute Gasteiger partial charge is 0.392 e. The summed E-state index contributed by atoms with van der Waals surface area (Å²) in [6.45, 7) is 0.538. The van der Waals surface area contributed by atoms with Crippen LogP contribution < -0.4 is 5.73 Å². The molecule has 3 nitrogen and oxygen atoms in total. The van der Waals surface area contributed by atoms with Gasteiger partial charge in [-0.1, -0.05) is 18.2 Å². The van der Waals surface area contributed by atoms with Crippen molar-refractivity contribution in [2.24, 2.45) is 5.73 Å². The van der Waals surface area contributed by atoms with Crippen LogP contribution in [0, 0.1) is 0 Å². The summed E-state index contributed by atoms with van der Waals surface area (Å²) in [5, 5.41) is 17.9. The Kier molecular flexibility index (Phi) is 3.89. The molecule has 0 radical (unpaired) electrons. The Morgan fingerprint density at radius 2 is 1.77 bits per heavy atom. The summed E-state index contributed by atoms with van der Waals surface area (Å²) >= 11 is 0. The normalized spacial score (nSPS) is 10.4. The summed E-state index contributed by atoms with van der Waals surface area (Å²) < 4.78 is 0. The number of hydrogen-bond acceptors (Lipinski definition) is 3. The van der Waals surface area contributed by atoms with E-state index < -0.39 is 0 Å². The molecule has 0 fully saturated rings. The molecule has 0 heterocycles. The summed E-state index contributed by atoms with van der Waals surface area (Å²) in [6, 6.07) is 5.65. The summed E-state index contributed by atoms with van der Waals surface area (Å²) in [4.78, 5) is 0. The van der Waals surface area contributed by atoms with Gasteiger partial charge in [-0.15, -0.1) is 0 Å². The van der Waals surface area contributed by atoms with E-state index in [1.807, 2.05) is 18.2 Å². The molecule has 1 rings (SSSR count). The number of rotatable bonds is 4. The molecule has 1 aromatic rings. The van der Waals surface area contributed by atoms with Gasteiger partial charge in [0.2, 0.25) is 0 Å².